The Kier molecular flexibility index (Phi) is 3.35. The van der Waals surface area contributed by atoms with E-state index in [-0.39, 0.29) is 11.9 Å². The molecule has 0 atom stereocenters. The topological polar surface area (TPSA) is 40.6 Å². The largest absolute Gasteiger partial charge is 0.336 e. The van der Waals surface area contributed by atoms with E-state index in [2.05, 4.69) is 16.1 Å². The van der Waals surface area contributed by atoms with Crippen LogP contribution in [0.1, 0.15) is 6.92 Å². The van der Waals surface area contributed by atoms with Crippen LogP contribution in [0.4, 0.5) is 4.79 Å². The number of hydrogen-bond acceptors (Lipinski definition) is 2. The summed E-state index contributed by atoms with van der Waals surface area (Å²) in [6.45, 7) is 1.33. The average Bonchev–Trinajstić information content (AvgIpc) is 1.84. The van der Waals surface area contributed by atoms with Crippen molar-refractivity contribution in [2.45, 2.75) is 6.92 Å². The number of urea groups is 1. The van der Waals surface area contributed by atoms with Crippen LogP contribution in [0, 0.1) is 0 Å². The first-order valence-corrected chi connectivity index (χ1v) is 3.35. The van der Waals surface area contributed by atoms with E-state index in [9.17, 15) is 9.59 Å². The zero-order valence-corrected chi connectivity index (χ0v) is 7.67. The Labute approximate surface area is 68.1 Å². The summed E-state index contributed by atoms with van der Waals surface area (Å²) in [4.78, 5) is 22.4. The first-order valence-electron chi connectivity index (χ1n) is 2.64. The fraction of sp³-hybridized carbons (Fsp3) is 0.600. The van der Waals surface area contributed by atoms with Gasteiger partial charge in [0.05, 0.1) is 16.1 Å². The van der Waals surface area contributed by atoms with E-state index in [1.807, 2.05) is 0 Å². The predicted molar refractivity (Wildman–Crippen MR) is 40.5 cm³/mol. The molecule has 0 bridgehead atoms. The Balaban J connectivity index is 4.08. The number of halogens is 1. The van der Waals surface area contributed by atoms with E-state index in [4.69, 9.17) is 0 Å². The van der Waals surface area contributed by atoms with Gasteiger partial charge in [0.1, 0.15) is 0 Å². The molecule has 0 N–H and O–H groups in total. The number of hydrogen-bond donors (Lipinski definition) is 0. The van der Waals surface area contributed by atoms with Crippen LogP contribution >= 0.6 is 16.1 Å². The molecule has 0 aromatic carbocycles. The molecule has 0 aliphatic heterocycles. The SMILES string of the molecule is CC(=O)N(C)C(=O)N(C)Br. The summed E-state index contributed by atoms with van der Waals surface area (Å²) in [6, 6.07) is -0.382. The normalized spacial score (nSPS) is 8.80. The molecule has 0 spiro atoms. The Bertz CT molecular complexity index is 158. The van der Waals surface area contributed by atoms with Crippen molar-refractivity contribution in [2.24, 2.45) is 0 Å². The van der Waals surface area contributed by atoms with E-state index in [0.29, 0.717) is 0 Å². The number of carbonyl (C=O) groups excluding carboxylic acids is 2. The third-order valence-electron chi connectivity index (χ3n) is 1.02. The van der Waals surface area contributed by atoms with Crippen molar-refractivity contribution in [3.63, 3.8) is 0 Å². The lowest BCUT2D eigenvalue weighted by Crippen LogP contribution is -2.36. The standard InChI is InChI=1S/C5H9BrN2O2/c1-4(9)7(2)5(10)8(3)6/h1-3H3. The van der Waals surface area contributed by atoms with Gasteiger partial charge in [0.15, 0.2) is 0 Å². The lowest BCUT2D eigenvalue weighted by Gasteiger charge is -2.15. The molecular weight excluding hydrogens is 200 g/mol. The number of rotatable bonds is 0. The summed E-state index contributed by atoms with van der Waals surface area (Å²) < 4.78 is 1.16. The molecule has 0 heterocycles. The Morgan fingerprint density at radius 3 is 1.80 bits per heavy atom. The fourth-order valence-electron chi connectivity index (χ4n) is 0.341. The van der Waals surface area contributed by atoms with Gasteiger partial charge in [0, 0.05) is 21.0 Å². The maximum atomic E-state index is 10.9. The number of imide groups is 1. The van der Waals surface area contributed by atoms with Gasteiger partial charge in [0.2, 0.25) is 5.91 Å². The van der Waals surface area contributed by atoms with Crippen LogP contribution < -0.4 is 0 Å². The van der Waals surface area contributed by atoms with Gasteiger partial charge in [-0.2, -0.15) is 0 Å². The summed E-state index contributed by atoms with van der Waals surface area (Å²) in [5.41, 5.74) is 0. The zero-order chi connectivity index (χ0) is 8.31. The van der Waals surface area contributed by atoms with Gasteiger partial charge in [-0.05, 0) is 0 Å². The van der Waals surface area contributed by atoms with Crippen LogP contribution in [-0.2, 0) is 4.79 Å². The second-order valence-electron chi connectivity index (χ2n) is 1.84. The molecule has 4 nitrogen and oxygen atoms in total. The highest BCUT2D eigenvalue weighted by Crippen LogP contribution is 1.98. The van der Waals surface area contributed by atoms with Gasteiger partial charge < -0.3 is 0 Å². The highest BCUT2D eigenvalue weighted by atomic mass is 79.9. The summed E-state index contributed by atoms with van der Waals surface area (Å²) in [6.07, 6.45) is 0. The van der Waals surface area contributed by atoms with E-state index in [1.54, 1.807) is 0 Å². The van der Waals surface area contributed by atoms with Gasteiger partial charge in [-0.1, -0.05) is 0 Å². The highest BCUT2D eigenvalue weighted by Gasteiger charge is 2.14. The number of carbonyl (C=O) groups is 2. The minimum Gasteiger partial charge on any atom is -0.275 e. The zero-order valence-electron chi connectivity index (χ0n) is 6.09. The maximum Gasteiger partial charge on any atom is 0.336 e. The van der Waals surface area contributed by atoms with E-state index >= 15 is 0 Å². The third kappa shape index (κ3) is 2.34. The maximum absolute atomic E-state index is 10.9. The quantitative estimate of drug-likeness (QED) is 0.554. The van der Waals surface area contributed by atoms with Crippen molar-refractivity contribution in [3.05, 3.63) is 0 Å². The molecule has 0 saturated carbocycles. The van der Waals surface area contributed by atoms with Crippen molar-refractivity contribution >= 4 is 28.1 Å². The van der Waals surface area contributed by atoms with Gasteiger partial charge >= 0.3 is 6.03 Å². The average molecular weight is 209 g/mol. The minimum atomic E-state index is -0.382. The lowest BCUT2D eigenvalue weighted by molar-refractivity contribution is -0.125. The summed E-state index contributed by atoms with van der Waals surface area (Å²) in [5.74, 6) is -0.281. The molecule has 10 heavy (non-hydrogen) atoms. The monoisotopic (exact) mass is 208 g/mol. The van der Waals surface area contributed by atoms with Gasteiger partial charge in [0.25, 0.3) is 0 Å². The van der Waals surface area contributed by atoms with Crippen LogP contribution in [0.25, 0.3) is 0 Å². The molecule has 0 aliphatic carbocycles. The van der Waals surface area contributed by atoms with Crippen LogP contribution in [0.15, 0.2) is 0 Å². The van der Waals surface area contributed by atoms with Crippen LogP contribution in [0.2, 0.25) is 0 Å². The molecule has 0 saturated heterocycles. The van der Waals surface area contributed by atoms with Crippen LogP contribution in [0.5, 0.6) is 0 Å². The molecule has 3 amide bonds. The number of nitrogens with zero attached hydrogens (tertiary/aromatic N) is 2. The van der Waals surface area contributed by atoms with Crippen LogP contribution in [0.3, 0.4) is 0 Å². The Morgan fingerprint density at radius 2 is 1.70 bits per heavy atom. The van der Waals surface area contributed by atoms with E-state index in [0.717, 1.165) is 8.83 Å². The molecule has 0 unspecified atom stereocenters. The van der Waals surface area contributed by atoms with Crippen molar-refractivity contribution in [2.75, 3.05) is 14.1 Å². The summed E-state index contributed by atoms with van der Waals surface area (Å²) in [7, 11) is 2.93. The smallest absolute Gasteiger partial charge is 0.275 e. The summed E-state index contributed by atoms with van der Waals surface area (Å²) in [5, 5.41) is 0. The minimum absolute atomic E-state index is 0.281. The number of amides is 3. The molecule has 0 aromatic rings. The third-order valence-corrected chi connectivity index (χ3v) is 1.33. The van der Waals surface area contributed by atoms with E-state index < -0.39 is 0 Å². The molecule has 0 aliphatic rings. The molecule has 5 heteroatoms. The highest BCUT2D eigenvalue weighted by molar-refractivity contribution is 9.07. The van der Waals surface area contributed by atoms with Gasteiger partial charge in [-0.3, -0.25) is 13.6 Å². The summed E-state index contributed by atoms with van der Waals surface area (Å²) >= 11 is 2.90. The van der Waals surface area contributed by atoms with Crippen molar-refractivity contribution in [1.29, 1.82) is 0 Å². The second kappa shape index (κ2) is 3.55. The van der Waals surface area contributed by atoms with Crippen molar-refractivity contribution < 1.29 is 9.59 Å². The van der Waals surface area contributed by atoms with Crippen molar-refractivity contribution in [1.82, 2.24) is 8.83 Å². The predicted octanol–water partition coefficient (Wildman–Crippen LogP) is 0.826. The second-order valence-corrected chi connectivity index (χ2v) is 2.90. The Morgan fingerprint density at radius 1 is 1.30 bits per heavy atom. The molecule has 58 valence electrons. The fourth-order valence-corrected chi connectivity index (χ4v) is 0.579. The van der Waals surface area contributed by atoms with E-state index in [1.165, 1.54) is 21.0 Å². The first-order chi connectivity index (χ1) is 4.46. The van der Waals surface area contributed by atoms with Gasteiger partial charge in [-0.15, -0.1) is 0 Å². The van der Waals surface area contributed by atoms with Crippen molar-refractivity contribution in [3.8, 4) is 0 Å². The molecular formula is C5H9BrN2O2. The molecule has 0 aromatic heterocycles. The molecule has 0 rings (SSSR count). The van der Waals surface area contributed by atoms with Crippen LogP contribution in [-0.4, -0.2) is 34.9 Å². The first kappa shape index (κ1) is 9.42. The molecule has 0 fully saturated rings. The Hall–Kier alpha value is -0.580. The van der Waals surface area contributed by atoms with Gasteiger partial charge in [-0.25, -0.2) is 4.79 Å². The molecule has 0 radical (unpaired) electrons. The lowest BCUT2D eigenvalue weighted by atomic mass is 10.6.